The van der Waals surface area contributed by atoms with Crippen LogP contribution in [0.3, 0.4) is 0 Å². The monoisotopic (exact) mass is 129 g/mol. The second kappa shape index (κ2) is 3.97. The van der Waals surface area contributed by atoms with E-state index < -0.39 is 0 Å². The largest absolute Gasteiger partial charge is 0.508 e. The Morgan fingerprint density at radius 1 is 1.67 bits per heavy atom. The standard InChI is InChI=1S/C6H11NO2/c1-3-6(8)4-5(2)9-7/h3-4,8H,7H2,1-2H3/b5-4-,6-3+. The van der Waals surface area contributed by atoms with Crippen LogP contribution in [0.25, 0.3) is 0 Å². The Labute approximate surface area is 54.4 Å². The molecule has 0 fully saturated rings. The van der Waals surface area contributed by atoms with E-state index in [1.165, 1.54) is 6.08 Å². The van der Waals surface area contributed by atoms with Crippen LogP contribution < -0.4 is 5.90 Å². The number of aliphatic hydroxyl groups excluding tert-OH is 1. The Morgan fingerprint density at radius 3 is 2.56 bits per heavy atom. The molecule has 0 unspecified atom stereocenters. The molecular weight excluding hydrogens is 118 g/mol. The Hall–Kier alpha value is -0.960. The summed E-state index contributed by atoms with van der Waals surface area (Å²) in [6, 6.07) is 0. The molecule has 0 aromatic heterocycles. The highest BCUT2D eigenvalue weighted by Gasteiger charge is 1.86. The summed E-state index contributed by atoms with van der Waals surface area (Å²) in [7, 11) is 0. The molecule has 3 N–H and O–H groups in total. The van der Waals surface area contributed by atoms with Crippen molar-refractivity contribution in [1.29, 1.82) is 0 Å². The predicted molar refractivity (Wildman–Crippen MR) is 35.4 cm³/mol. The van der Waals surface area contributed by atoms with Crippen LogP contribution in [-0.4, -0.2) is 5.11 Å². The first kappa shape index (κ1) is 8.04. The lowest BCUT2D eigenvalue weighted by Gasteiger charge is -1.94. The fourth-order valence-electron chi connectivity index (χ4n) is 0.326. The third-order valence-electron chi connectivity index (χ3n) is 0.833. The summed E-state index contributed by atoms with van der Waals surface area (Å²) in [5.41, 5.74) is 0. The molecule has 0 aliphatic heterocycles. The van der Waals surface area contributed by atoms with E-state index in [-0.39, 0.29) is 5.76 Å². The first-order chi connectivity index (χ1) is 4.20. The van der Waals surface area contributed by atoms with Crippen molar-refractivity contribution in [3.63, 3.8) is 0 Å². The predicted octanol–water partition coefficient (Wildman–Crippen LogP) is 1.24. The lowest BCUT2D eigenvalue weighted by molar-refractivity contribution is 0.220. The maximum Gasteiger partial charge on any atom is 0.124 e. The summed E-state index contributed by atoms with van der Waals surface area (Å²) in [6.07, 6.45) is 2.97. The molecule has 9 heavy (non-hydrogen) atoms. The first-order valence-corrected chi connectivity index (χ1v) is 2.61. The average Bonchev–Trinajstić information content (AvgIpc) is 1.87. The van der Waals surface area contributed by atoms with E-state index in [4.69, 9.17) is 11.0 Å². The minimum atomic E-state index is 0.151. The van der Waals surface area contributed by atoms with Crippen molar-refractivity contribution in [3.8, 4) is 0 Å². The molecule has 0 saturated carbocycles. The van der Waals surface area contributed by atoms with E-state index >= 15 is 0 Å². The van der Waals surface area contributed by atoms with Gasteiger partial charge < -0.3 is 9.94 Å². The molecule has 0 atom stereocenters. The van der Waals surface area contributed by atoms with Crippen molar-refractivity contribution in [1.82, 2.24) is 0 Å². The smallest absolute Gasteiger partial charge is 0.124 e. The molecule has 3 nitrogen and oxygen atoms in total. The zero-order valence-corrected chi connectivity index (χ0v) is 5.59. The first-order valence-electron chi connectivity index (χ1n) is 2.61. The van der Waals surface area contributed by atoms with Crippen molar-refractivity contribution in [2.45, 2.75) is 13.8 Å². The van der Waals surface area contributed by atoms with Gasteiger partial charge in [-0.05, 0) is 19.9 Å². The number of hydrogen-bond acceptors (Lipinski definition) is 3. The van der Waals surface area contributed by atoms with Gasteiger partial charge in [0.15, 0.2) is 0 Å². The van der Waals surface area contributed by atoms with Crippen molar-refractivity contribution in [2.24, 2.45) is 5.90 Å². The Morgan fingerprint density at radius 2 is 2.22 bits per heavy atom. The highest BCUT2D eigenvalue weighted by atomic mass is 16.6. The van der Waals surface area contributed by atoms with Crippen LogP contribution in [0.15, 0.2) is 23.7 Å². The summed E-state index contributed by atoms with van der Waals surface area (Å²) in [5, 5.41) is 8.81. The Kier molecular flexibility index (Phi) is 3.55. The third-order valence-corrected chi connectivity index (χ3v) is 0.833. The number of allylic oxidation sites excluding steroid dienone is 3. The van der Waals surface area contributed by atoms with Gasteiger partial charge in [-0.15, -0.1) is 0 Å². The molecule has 0 aliphatic rings. The normalized spacial score (nSPS) is 13.7. The van der Waals surface area contributed by atoms with Gasteiger partial charge in [0.05, 0.1) is 0 Å². The maximum atomic E-state index is 8.81. The molecule has 0 aromatic carbocycles. The highest BCUT2D eigenvalue weighted by molar-refractivity contribution is 5.11. The third kappa shape index (κ3) is 3.61. The van der Waals surface area contributed by atoms with Crippen LogP contribution in [0.2, 0.25) is 0 Å². The van der Waals surface area contributed by atoms with Gasteiger partial charge in [0, 0.05) is 6.08 Å². The molecule has 0 amide bonds. The van der Waals surface area contributed by atoms with Crippen molar-refractivity contribution >= 4 is 0 Å². The van der Waals surface area contributed by atoms with E-state index in [2.05, 4.69) is 4.84 Å². The lowest BCUT2D eigenvalue weighted by Crippen LogP contribution is -1.95. The number of aliphatic hydroxyl groups is 1. The van der Waals surface area contributed by atoms with Crippen molar-refractivity contribution in [3.05, 3.63) is 23.7 Å². The minimum Gasteiger partial charge on any atom is -0.508 e. The zero-order chi connectivity index (χ0) is 7.28. The number of hydrogen-bond donors (Lipinski definition) is 2. The van der Waals surface area contributed by atoms with Gasteiger partial charge in [-0.25, -0.2) is 0 Å². The van der Waals surface area contributed by atoms with Crippen LogP contribution in [0.4, 0.5) is 0 Å². The van der Waals surface area contributed by atoms with Crippen LogP contribution >= 0.6 is 0 Å². The van der Waals surface area contributed by atoms with Gasteiger partial charge in [0.1, 0.15) is 11.5 Å². The van der Waals surface area contributed by atoms with Crippen molar-refractivity contribution < 1.29 is 9.94 Å². The second-order valence-corrected chi connectivity index (χ2v) is 1.59. The van der Waals surface area contributed by atoms with Crippen LogP contribution in [0.1, 0.15) is 13.8 Å². The quantitative estimate of drug-likeness (QED) is 0.335. The molecule has 0 aromatic rings. The Bertz CT molecular complexity index is 138. The topological polar surface area (TPSA) is 55.5 Å². The van der Waals surface area contributed by atoms with Crippen molar-refractivity contribution in [2.75, 3.05) is 0 Å². The fourth-order valence-corrected chi connectivity index (χ4v) is 0.326. The van der Waals surface area contributed by atoms with E-state index in [1.807, 2.05) is 0 Å². The van der Waals surface area contributed by atoms with E-state index in [0.29, 0.717) is 5.76 Å². The lowest BCUT2D eigenvalue weighted by atomic mass is 10.4. The molecule has 52 valence electrons. The van der Waals surface area contributed by atoms with Crippen LogP contribution in [-0.2, 0) is 4.84 Å². The summed E-state index contributed by atoms with van der Waals surface area (Å²) >= 11 is 0. The van der Waals surface area contributed by atoms with E-state index in [1.54, 1.807) is 19.9 Å². The van der Waals surface area contributed by atoms with Gasteiger partial charge in [0.2, 0.25) is 0 Å². The average molecular weight is 129 g/mol. The summed E-state index contributed by atoms with van der Waals surface area (Å²) < 4.78 is 0. The van der Waals surface area contributed by atoms with Gasteiger partial charge >= 0.3 is 0 Å². The zero-order valence-electron chi connectivity index (χ0n) is 5.59. The molecule has 3 heteroatoms. The molecule has 0 spiro atoms. The van der Waals surface area contributed by atoms with E-state index in [0.717, 1.165) is 0 Å². The minimum absolute atomic E-state index is 0.151. The fraction of sp³-hybridized carbons (Fsp3) is 0.333. The van der Waals surface area contributed by atoms with Crippen LogP contribution in [0.5, 0.6) is 0 Å². The molecule has 0 bridgehead atoms. The highest BCUT2D eigenvalue weighted by Crippen LogP contribution is 1.96. The number of rotatable bonds is 2. The van der Waals surface area contributed by atoms with E-state index in [9.17, 15) is 0 Å². The van der Waals surface area contributed by atoms with Gasteiger partial charge in [-0.3, -0.25) is 0 Å². The van der Waals surface area contributed by atoms with Gasteiger partial charge in [-0.1, -0.05) is 0 Å². The van der Waals surface area contributed by atoms with Gasteiger partial charge in [0.25, 0.3) is 0 Å². The molecule has 0 heterocycles. The number of nitrogens with two attached hydrogens (primary N) is 1. The SMILES string of the molecule is C/C=C(O)\C=C(\C)ON. The second-order valence-electron chi connectivity index (χ2n) is 1.59. The van der Waals surface area contributed by atoms with Crippen LogP contribution in [0, 0.1) is 0 Å². The molecule has 0 aliphatic carbocycles. The summed E-state index contributed by atoms with van der Waals surface area (Å²) in [6.45, 7) is 3.37. The summed E-state index contributed by atoms with van der Waals surface area (Å²) in [4.78, 5) is 4.28. The molecule has 0 saturated heterocycles. The molecular formula is C6H11NO2. The summed E-state index contributed by atoms with van der Waals surface area (Å²) in [5.74, 6) is 5.40. The van der Waals surface area contributed by atoms with Gasteiger partial charge in [-0.2, -0.15) is 5.90 Å². The maximum absolute atomic E-state index is 8.81. The Balaban J connectivity index is 3.95. The molecule has 0 rings (SSSR count). The molecule has 0 radical (unpaired) electrons.